The summed E-state index contributed by atoms with van der Waals surface area (Å²) in [5.41, 5.74) is 0.424. The Bertz CT molecular complexity index is 487. The largest absolute Gasteiger partial charge is 0.481 e. The van der Waals surface area contributed by atoms with Gasteiger partial charge in [-0.25, -0.2) is 4.39 Å². The Balaban J connectivity index is 1.73. The zero-order chi connectivity index (χ0) is 13.8. The summed E-state index contributed by atoms with van der Waals surface area (Å²) in [6, 6.07) is 5.70. The first kappa shape index (κ1) is 13.5. The van der Waals surface area contributed by atoms with Gasteiger partial charge < -0.3 is 10.4 Å². The molecule has 2 rings (SSSR count). The first-order valence-corrected chi connectivity index (χ1v) is 6.02. The third-order valence-electron chi connectivity index (χ3n) is 2.97. The number of carbonyl (C=O) groups is 2. The van der Waals surface area contributed by atoms with Gasteiger partial charge in [0.05, 0.1) is 13.0 Å². The maximum absolute atomic E-state index is 12.9. The van der Waals surface area contributed by atoms with Gasteiger partial charge >= 0.3 is 5.97 Å². The van der Waals surface area contributed by atoms with Gasteiger partial charge in [-0.15, -0.1) is 0 Å². The molecule has 0 aliphatic carbocycles. The van der Waals surface area contributed by atoms with Crippen LogP contribution >= 0.6 is 0 Å². The number of carboxylic acid groups (broad SMARTS) is 1. The summed E-state index contributed by atoms with van der Waals surface area (Å²) < 4.78 is 12.9. The van der Waals surface area contributed by atoms with Gasteiger partial charge in [-0.2, -0.15) is 0 Å². The number of amides is 1. The van der Waals surface area contributed by atoms with E-state index in [4.69, 9.17) is 5.11 Å². The molecule has 1 aliphatic rings. The van der Waals surface area contributed by atoms with Crippen molar-refractivity contribution in [2.24, 2.45) is 5.92 Å². The number of hydrogen-bond donors (Lipinski definition) is 2. The highest BCUT2D eigenvalue weighted by atomic mass is 19.1. The molecular formula is C13H15FN2O3. The molecule has 6 heteroatoms. The Hall–Kier alpha value is -1.95. The number of nitrogens with one attached hydrogen (secondary N) is 1. The van der Waals surface area contributed by atoms with Crippen LogP contribution in [0.3, 0.4) is 0 Å². The quantitative estimate of drug-likeness (QED) is 0.839. The van der Waals surface area contributed by atoms with Crippen LogP contribution in [0.15, 0.2) is 24.3 Å². The van der Waals surface area contributed by atoms with Crippen molar-refractivity contribution in [2.45, 2.75) is 6.42 Å². The van der Waals surface area contributed by atoms with Crippen molar-refractivity contribution in [3.63, 3.8) is 0 Å². The van der Waals surface area contributed by atoms with Gasteiger partial charge in [0.2, 0.25) is 5.91 Å². The smallest absolute Gasteiger partial charge is 0.303 e. The van der Waals surface area contributed by atoms with Crippen LogP contribution in [0.4, 0.5) is 10.1 Å². The number of carbonyl (C=O) groups excluding carboxylic acids is 1. The molecule has 19 heavy (non-hydrogen) atoms. The van der Waals surface area contributed by atoms with Crippen LogP contribution in [0, 0.1) is 11.7 Å². The van der Waals surface area contributed by atoms with E-state index in [2.05, 4.69) is 5.32 Å². The minimum Gasteiger partial charge on any atom is -0.481 e. The Morgan fingerprint density at radius 2 is 2.16 bits per heavy atom. The molecule has 1 fully saturated rings. The van der Waals surface area contributed by atoms with Crippen LogP contribution in [0.25, 0.3) is 0 Å². The lowest BCUT2D eigenvalue weighted by molar-refractivity contribution is -0.139. The van der Waals surface area contributed by atoms with E-state index >= 15 is 0 Å². The lowest BCUT2D eigenvalue weighted by Gasteiger charge is -2.37. The number of benzene rings is 1. The summed E-state index contributed by atoms with van der Waals surface area (Å²) in [7, 11) is 0. The summed E-state index contributed by atoms with van der Waals surface area (Å²) in [6.45, 7) is 1.43. The highest BCUT2D eigenvalue weighted by molar-refractivity contribution is 5.92. The van der Waals surface area contributed by atoms with E-state index in [1.54, 1.807) is 6.07 Å². The van der Waals surface area contributed by atoms with Crippen molar-refractivity contribution in [1.29, 1.82) is 0 Å². The van der Waals surface area contributed by atoms with E-state index in [1.165, 1.54) is 18.2 Å². The molecule has 1 saturated heterocycles. The van der Waals surface area contributed by atoms with Crippen molar-refractivity contribution in [3.05, 3.63) is 30.1 Å². The van der Waals surface area contributed by atoms with E-state index in [-0.39, 0.29) is 24.8 Å². The van der Waals surface area contributed by atoms with Crippen molar-refractivity contribution >= 4 is 17.6 Å². The van der Waals surface area contributed by atoms with E-state index in [0.29, 0.717) is 18.8 Å². The highest BCUT2D eigenvalue weighted by Crippen LogP contribution is 2.18. The number of nitrogens with zero attached hydrogens (tertiary/aromatic N) is 1. The summed E-state index contributed by atoms with van der Waals surface area (Å²) in [5.74, 6) is -1.31. The molecule has 1 heterocycles. The minimum atomic E-state index is -0.811. The van der Waals surface area contributed by atoms with Gasteiger partial charge in [-0.3, -0.25) is 14.5 Å². The molecular weight excluding hydrogens is 251 g/mol. The fourth-order valence-corrected chi connectivity index (χ4v) is 2.15. The monoisotopic (exact) mass is 266 g/mol. The third-order valence-corrected chi connectivity index (χ3v) is 2.97. The van der Waals surface area contributed by atoms with Gasteiger partial charge in [-0.1, -0.05) is 6.07 Å². The fourth-order valence-electron chi connectivity index (χ4n) is 2.15. The maximum Gasteiger partial charge on any atom is 0.303 e. The molecule has 102 valence electrons. The summed E-state index contributed by atoms with van der Waals surface area (Å²) in [5, 5.41) is 11.2. The lowest BCUT2D eigenvalue weighted by atomic mass is 9.96. The molecule has 0 unspecified atom stereocenters. The van der Waals surface area contributed by atoms with Crippen LogP contribution in [0.1, 0.15) is 6.42 Å². The molecule has 0 atom stereocenters. The molecule has 1 aliphatic heterocycles. The zero-order valence-corrected chi connectivity index (χ0v) is 10.3. The Morgan fingerprint density at radius 3 is 2.79 bits per heavy atom. The van der Waals surface area contributed by atoms with E-state index in [9.17, 15) is 14.0 Å². The second-order valence-electron chi connectivity index (χ2n) is 4.72. The number of aliphatic carboxylic acids is 1. The van der Waals surface area contributed by atoms with Crippen molar-refractivity contribution in [3.8, 4) is 0 Å². The Morgan fingerprint density at radius 1 is 1.42 bits per heavy atom. The minimum absolute atomic E-state index is 0.125. The molecule has 0 bridgehead atoms. The van der Waals surface area contributed by atoms with E-state index in [1.807, 2.05) is 4.90 Å². The second-order valence-corrected chi connectivity index (χ2v) is 4.72. The van der Waals surface area contributed by atoms with Crippen LogP contribution in [-0.2, 0) is 9.59 Å². The fraction of sp³-hybridized carbons (Fsp3) is 0.385. The van der Waals surface area contributed by atoms with Gasteiger partial charge in [0, 0.05) is 18.8 Å². The molecule has 5 nitrogen and oxygen atoms in total. The SMILES string of the molecule is O=C(O)CC1CN(CC(=O)Nc2cccc(F)c2)C1. The predicted molar refractivity (Wildman–Crippen MR) is 67.2 cm³/mol. The molecule has 2 N–H and O–H groups in total. The number of rotatable bonds is 5. The van der Waals surface area contributed by atoms with Crippen molar-refractivity contribution in [1.82, 2.24) is 4.90 Å². The van der Waals surface area contributed by atoms with Crippen molar-refractivity contribution in [2.75, 3.05) is 25.0 Å². The Labute approximate surface area is 110 Å². The first-order valence-electron chi connectivity index (χ1n) is 6.02. The number of carboxylic acids is 1. The van der Waals surface area contributed by atoms with Crippen LogP contribution < -0.4 is 5.32 Å². The molecule has 0 spiro atoms. The number of halogens is 1. The molecule has 1 aromatic rings. The lowest BCUT2D eigenvalue weighted by Crippen LogP contribution is -2.50. The van der Waals surface area contributed by atoms with Crippen LogP contribution in [0.2, 0.25) is 0 Å². The van der Waals surface area contributed by atoms with E-state index in [0.717, 1.165) is 0 Å². The maximum atomic E-state index is 12.9. The molecule has 0 saturated carbocycles. The molecule has 1 aromatic carbocycles. The topological polar surface area (TPSA) is 69.6 Å². The molecule has 0 radical (unpaired) electrons. The zero-order valence-electron chi connectivity index (χ0n) is 10.3. The van der Waals surface area contributed by atoms with Gasteiger partial charge in [0.1, 0.15) is 5.82 Å². The van der Waals surface area contributed by atoms with Gasteiger partial charge in [-0.05, 0) is 24.1 Å². The predicted octanol–water partition coefficient (Wildman–Crippen LogP) is 1.17. The summed E-state index contributed by atoms with van der Waals surface area (Å²) >= 11 is 0. The number of hydrogen-bond acceptors (Lipinski definition) is 3. The van der Waals surface area contributed by atoms with Crippen LogP contribution in [0.5, 0.6) is 0 Å². The van der Waals surface area contributed by atoms with Gasteiger partial charge in [0.15, 0.2) is 0 Å². The molecule has 0 aromatic heterocycles. The summed E-state index contributed by atoms with van der Waals surface area (Å²) in [4.78, 5) is 24.0. The first-order chi connectivity index (χ1) is 9.02. The molecule has 1 amide bonds. The standard InChI is InChI=1S/C13H15FN2O3/c14-10-2-1-3-11(5-10)15-12(17)8-16-6-9(7-16)4-13(18)19/h1-3,5,9H,4,6-8H2,(H,15,17)(H,18,19). The normalized spacial score (nSPS) is 15.8. The Kier molecular flexibility index (Phi) is 4.11. The highest BCUT2D eigenvalue weighted by Gasteiger charge is 2.29. The van der Waals surface area contributed by atoms with Crippen molar-refractivity contribution < 1.29 is 19.1 Å². The second kappa shape index (κ2) is 5.79. The van der Waals surface area contributed by atoms with E-state index < -0.39 is 11.8 Å². The average Bonchev–Trinajstić information content (AvgIpc) is 2.25. The average molecular weight is 266 g/mol. The summed E-state index contributed by atoms with van der Waals surface area (Å²) in [6.07, 6.45) is 0.141. The third kappa shape index (κ3) is 4.03. The number of likely N-dealkylation sites (tertiary alicyclic amines) is 1. The number of anilines is 1. The van der Waals surface area contributed by atoms with Crippen LogP contribution in [-0.4, -0.2) is 41.5 Å². The van der Waals surface area contributed by atoms with Gasteiger partial charge in [0.25, 0.3) is 0 Å².